The largest absolute Gasteiger partial charge is 0.342 e. The molecule has 2 aromatic heterocycles. The molecule has 1 fully saturated rings. The van der Waals surface area contributed by atoms with Crippen LogP contribution in [0.25, 0.3) is 11.0 Å². The van der Waals surface area contributed by atoms with Crippen LogP contribution in [0.1, 0.15) is 36.1 Å². The number of benzene rings is 1. The number of carbonyl (C=O) groups excluding carboxylic acids is 1. The zero-order valence-electron chi connectivity index (χ0n) is 14.4. The van der Waals surface area contributed by atoms with E-state index in [1.807, 2.05) is 30.0 Å². The fourth-order valence-corrected chi connectivity index (χ4v) is 3.53. The number of aromatic nitrogens is 5. The Kier molecular flexibility index (Phi) is 4.21. The summed E-state index contributed by atoms with van der Waals surface area (Å²) in [4.78, 5) is 22.6. The number of hydrogen-bond acceptors (Lipinski definition) is 4. The molecule has 0 spiro atoms. The maximum atomic E-state index is 12.6. The summed E-state index contributed by atoms with van der Waals surface area (Å²) in [7, 11) is 0. The van der Waals surface area contributed by atoms with Crippen molar-refractivity contribution in [1.29, 1.82) is 0 Å². The summed E-state index contributed by atoms with van der Waals surface area (Å²) in [5, 5.41) is 7.80. The van der Waals surface area contributed by atoms with Crippen molar-refractivity contribution < 1.29 is 4.79 Å². The number of imidazole rings is 1. The van der Waals surface area contributed by atoms with Crippen molar-refractivity contribution in [2.24, 2.45) is 5.92 Å². The molecule has 1 N–H and O–H groups in total. The average Bonchev–Trinajstić information content (AvgIpc) is 3.27. The third-order valence-electron chi connectivity index (χ3n) is 4.96. The molecule has 130 valence electrons. The molecular weight excluding hydrogens is 316 g/mol. The fourth-order valence-electron chi connectivity index (χ4n) is 3.53. The molecule has 4 rings (SSSR count). The summed E-state index contributed by atoms with van der Waals surface area (Å²) in [5.41, 5.74) is 2.69. The zero-order valence-corrected chi connectivity index (χ0v) is 14.4. The van der Waals surface area contributed by atoms with Crippen molar-refractivity contribution >= 4 is 16.9 Å². The first kappa shape index (κ1) is 15.8. The summed E-state index contributed by atoms with van der Waals surface area (Å²) in [6.07, 6.45) is 4.49. The number of aromatic amines is 1. The summed E-state index contributed by atoms with van der Waals surface area (Å²) in [6, 6.07) is 8.11. The first-order valence-corrected chi connectivity index (χ1v) is 8.86. The van der Waals surface area contributed by atoms with Gasteiger partial charge in [0.2, 0.25) is 0 Å². The van der Waals surface area contributed by atoms with Crippen LogP contribution in [-0.2, 0) is 13.0 Å². The molecule has 1 saturated heterocycles. The molecule has 1 aliphatic rings. The zero-order chi connectivity index (χ0) is 17.2. The van der Waals surface area contributed by atoms with Gasteiger partial charge < -0.3 is 9.88 Å². The molecule has 1 aliphatic heterocycles. The van der Waals surface area contributed by atoms with Crippen LogP contribution in [0.3, 0.4) is 0 Å². The normalized spacial score (nSPS) is 15.8. The van der Waals surface area contributed by atoms with Crippen molar-refractivity contribution in [3.8, 4) is 0 Å². The molecule has 1 amide bonds. The van der Waals surface area contributed by atoms with Gasteiger partial charge in [-0.15, -0.1) is 5.10 Å². The Bertz CT molecular complexity index is 841. The van der Waals surface area contributed by atoms with Crippen molar-refractivity contribution in [3.63, 3.8) is 0 Å². The number of para-hydroxylation sites is 2. The number of likely N-dealkylation sites (tertiary alicyclic amines) is 1. The van der Waals surface area contributed by atoms with Crippen LogP contribution in [0, 0.1) is 5.92 Å². The van der Waals surface area contributed by atoms with E-state index in [1.54, 1.807) is 10.9 Å². The molecule has 0 saturated carbocycles. The van der Waals surface area contributed by atoms with Crippen LogP contribution in [0.5, 0.6) is 0 Å². The van der Waals surface area contributed by atoms with Gasteiger partial charge in [0.15, 0.2) is 0 Å². The van der Waals surface area contributed by atoms with Crippen LogP contribution in [-0.4, -0.2) is 48.9 Å². The highest BCUT2D eigenvalue weighted by Crippen LogP contribution is 2.23. The van der Waals surface area contributed by atoms with E-state index in [0.717, 1.165) is 49.2 Å². The highest BCUT2D eigenvalue weighted by Gasteiger charge is 2.26. The number of aryl methyl sites for hydroxylation is 1. The summed E-state index contributed by atoms with van der Waals surface area (Å²) in [6.45, 7) is 4.17. The van der Waals surface area contributed by atoms with Crippen LogP contribution < -0.4 is 0 Å². The maximum Gasteiger partial charge on any atom is 0.273 e. The van der Waals surface area contributed by atoms with Gasteiger partial charge in [-0.1, -0.05) is 17.3 Å². The van der Waals surface area contributed by atoms with Crippen molar-refractivity contribution in [3.05, 3.63) is 42.0 Å². The van der Waals surface area contributed by atoms with Gasteiger partial charge in [-0.2, -0.15) is 0 Å². The van der Waals surface area contributed by atoms with Gasteiger partial charge in [0.25, 0.3) is 5.91 Å². The molecular formula is C18H22N6O. The second-order valence-electron chi connectivity index (χ2n) is 6.58. The SMILES string of the molecule is CCn1nncc1C(=O)N1CCC(Cc2nc3ccccc3[nH]2)CC1. The lowest BCUT2D eigenvalue weighted by Gasteiger charge is -2.31. The first-order valence-electron chi connectivity index (χ1n) is 8.86. The summed E-state index contributed by atoms with van der Waals surface area (Å²) >= 11 is 0. The van der Waals surface area contributed by atoms with E-state index in [4.69, 9.17) is 0 Å². The molecule has 0 atom stereocenters. The number of hydrogen-bond donors (Lipinski definition) is 1. The summed E-state index contributed by atoms with van der Waals surface area (Å²) in [5.74, 6) is 1.63. The Balaban J connectivity index is 1.37. The third kappa shape index (κ3) is 3.14. The lowest BCUT2D eigenvalue weighted by molar-refractivity contribution is 0.0677. The van der Waals surface area contributed by atoms with Crippen molar-refractivity contribution in [2.45, 2.75) is 32.7 Å². The van der Waals surface area contributed by atoms with E-state index in [9.17, 15) is 4.79 Å². The quantitative estimate of drug-likeness (QED) is 0.791. The van der Waals surface area contributed by atoms with Crippen molar-refractivity contribution in [2.75, 3.05) is 13.1 Å². The molecule has 3 heterocycles. The van der Waals surface area contributed by atoms with E-state index in [-0.39, 0.29) is 5.91 Å². The first-order chi connectivity index (χ1) is 12.2. The minimum atomic E-state index is 0.0361. The van der Waals surface area contributed by atoms with Crippen LogP contribution >= 0.6 is 0 Å². The topological polar surface area (TPSA) is 79.7 Å². The lowest BCUT2D eigenvalue weighted by atomic mass is 9.93. The van der Waals surface area contributed by atoms with Crippen LogP contribution in [0.4, 0.5) is 0 Å². The Morgan fingerprint density at radius 2 is 2.08 bits per heavy atom. The van der Waals surface area contributed by atoms with Crippen molar-refractivity contribution in [1.82, 2.24) is 29.9 Å². The Morgan fingerprint density at radius 1 is 1.28 bits per heavy atom. The molecule has 25 heavy (non-hydrogen) atoms. The number of piperidine rings is 1. The number of H-pyrrole nitrogens is 1. The van der Waals surface area contributed by atoms with E-state index in [0.29, 0.717) is 18.2 Å². The Morgan fingerprint density at radius 3 is 2.84 bits per heavy atom. The van der Waals surface area contributed by atoms with Gasteiger partial charge in [0.1, 0.15) is 11.5 Å². The number of nitrogens with one attached hydrogen (secondary N) is 1. The van der Waals surface area contributed by atoms with Gasteiger partial charge in [-0.3, -0.25) is 4.79 Å². The minimum absolute atomic E-state index is 0.0361. The second-order valence-corrected chi connectivity index (χ2v) is 6.58. The molecule has 0 aliphatic carbocycles. The predicted octanol–water partition coefficient (Wildman–Crippen LogP) is 2.27. The van der Waals surface area contributed by atoms with E-state index in [2.05, 4.69) is 26.3 Å². The smallest absolute Gasteiger partial charge is 0.273 e. The van der Waals surface area contributed by atoms with Gasteiger partial charge in [-0.05, 0) is 37.8 Å². The monoisotopic (exact) mass is 338 g/mol. The van der Waals surface area contributed by atoms with Gasteiger partial charge >= 0.3 is 0 Å². The lowest BCUT2D eigenvalue weighted by Crippen LogP contribution is -2.39. The van der Waals surface area contributed by atoms with Gasteiger partial charge in [0.05, 0.1) is 17.2 Å². The Labute approximate surface area is 146 Å². The minimum Gasteiger partial charge on any atom is -0.342 e. The van der Waals surface area contributed by atoms with Crippen LogP contribution in [0.2, 0.25) is 0 Å². The number of fused-ring (bicyclic) bond motifs is 1. The molecule has 0 radical (unpaired) electrons. The predicted molar refractivity (Wildman–Crippen MR) is 94.1 cm³/mol. The van der Waals surface area contributed by atoms with Gasteiger partial charge in [0, 0.05) is 26.1 Å². The molecule has 3 aromatic rings. The van der Waals surface area contributed by atoms with E-state index in [1.165, 1.54) is 0 Å². The maximum absolute atomic E-state index is 12.6. The number of carbonyl (C=O) groups is 1. The second kappa shape index (κ2) is 6.66. The highest BCUT2D eigenvalue weighted by atomic mass is 16.2. The molecule has 1 aromatic carbocycles. The van der Waals surface area contributed by atoms with Crippen LogP contribution in [0.15, 0.2) is 30.5 Å². The average molecular weight is 338 g/mol. The van der Waals surface area contributed by atoms with Gasteiger partial charge in [-0.25, -0.2) is 9.67 Å². The fraction of sp³-hybridized carbons (Fsp3) is 0.444. The number of rotatable bonds is 4. The number of nitrogens with zero attached hydrogens (tertiary/aromatic N) is 5. The standard InChI is InChI=1S/C18H22N6O/c1-2-24-16(12-19-22-24)18(25)23-9-7-13(8-10-23)11-17-20-14-5-3-4-6-15(14)21-17/h3-6,12-13H,2,7-11H2,1H3,(H,20,21). The number of amides is 1. The van der Waals surface area contributed by atoms with E-state index >= 15 is 0 Å². The Hall–Kier alpha value is -2.70. The molecule has 0 unspecified atom stereocenters. The molecule has 7 nitrogen and oxygen atoms in total. The molecule has 0 bridgehead atoms. The third-order valence-corrected chi connectivity index (χ3v) is 4.96. The highest BCUT2D eigenvalue weighted by molar-refractivity contribution is 5.92. The summed E-state index contributed by atoms with van der Waals surface area (Å²) < 4.78 is 1.66. The molecule has 7 heteroatoms. The van der Waals surface area contributed by atoms with E-state index < -0.39 is 0 Å².